The van der Waals surface area contributed by atoms with Gasteiger partial charge in [-0.15, -0.1) is 0 Å². The predicted octanol–water partition coefficient (Wildman–Crippen LogP) is 6.46. The van der Waals surface area contributed by atoms with Gasteiger partial charge in [0.05, 0.1) is 5.56 Å². The quantitative estimate of drug-likeness (QED) is 0.208. The van der Waals surface area contributed by atoms with Crippen LogP contribution in [0.2, 0.25) is 0 Å². The third-order valence-electron chi connectivity index (χ3n) is 5.97. The van der Waals surface area contributed by atoms with Gasteiger partial charge >= 0.3 is 5.97 Å². The third kappa shape index (κ3) is 7.69. The van der Waals surface area contributed by atoms with Crippen molar-refractivity contribution in [2.75, 3.05) is 0 Å². The van der Waals surface area contributed by atoms with Crippen molar-refractivity contribution in [3.8, 4) is 11.8 Å². The van der Waals surface area contributed by atoms with Gasteiger partial charge in [0.1, 0.15) is 0 Å². The molecule has 0 spiro atoms. The van der Waals surface area contributed by atoms with E-state index in [0.717, 1.165) is 5.92 Å². The molecule has 0 amide bonds. The maximum atomic E-state index is 12.3. The standard InChI is InChI=1S/C26H36O3/c1-4-6-8-9-10-21-12-14-22(15-13-21)23-16-18-24(19-17-23)26(28)29-20(3)25(27)11-7-5-2/h16-22H,4-6,8-10,12-15H2,1-3H3. The zero-order chi connectivity index (χ0) is 21.1. The van der Waals surface area contributed by atoms with Crippen LogP contribution in [0.3, 0.4) is 0 Å². The van der Waals surface area contributed by atoms with E-state index >= 15 is 0 Å². The van der Waals surface area contributed by atoms with Crippen molar-refractivity contribution in [3.63, 3.8) is 0 Å². The number of esters is 1. The Hall–Kier alpha value is -2.08. The van der Waals surface area contributed by atoms with E-state index < -0.39 is 12.1 Å². The summed E-state index contributed by atoms with van der Waals surface area (Å²) in [5, 5.41) is 0. The number of rotatable bonds is 9. The molecule has 1 fully saturated rings. The molecule has 1 atom stereocenters. The maximum absolute atomic E-state index is 12.3. The summed E-state index contributed by atoms with van der Waals surface area (Å²) in [5.74, 6) is 5.88. The SMILES string of the molecule is CCC#CC(=O)C(C)OC(=O)c1ccc(C2CCC(CCCCCC)CC2)cc1. The number of Topliss-reactive ketones (excluding diaryl/α,β-unsaturated/α-hetero) is 1. The van der Waals surface area contributed by atoms with E-state index in [4.69, 9.17) is 4.74 Å². The molecule has 1 aromatic rings. The number of hydrogen-bond acceptors (Lipinski definition) is 3. The maximum Gasteiger partial charge on any atom is 0.338 e. The lowest BCUT2D eigenvalue weighted by molar-refractivity contribution is -0.121. The highest BCUT2D eigenvalue weighted by atomic mass is 16.5. The highest BCUT2D eigenvalue weighted by Crippen LogP contribution is 2.37. The Morgan fingerprint density at radius 2 is 1.72 bits per heavy atom. The lowest BCUT2D eigenvalue weighted by Crippen LogP contribution is -2.23. The number of carbonyl (C=O) groups is 2. The minimum absolute atomic E-state index is 0.358. The van der Waals surface area contributed by atoms with Gasteiger partial charge in [0.2, 0.25) is 5.78 Å². The molecular weight excluding hydrogens is 360 g/mol. The van der Waals surface area contributed by atoms with Gasteiger partial charge in [0, 0.05) is 6.42 Å². The van der Waals surface area contributed by atoms with Crippen LogP contribution in [0.1, 0.15) is 107 Å². The Balaban J connectivity index is 1.81. The summed E-state index contributed by atoms with van der Waals surface area (Å²) in [4.78, 5) is 24.1. The Morgan fingerprint density at radius 1 is 1.03 bits per heavy atom. The Labute approximate surface area is 176 Å². The number of unbranched alkanes of at least 4 members (excludes halogenated alkanes) is 3. The van der Waals surface area contributed by atoms with Crippen molar-refractivity contribution >= 4 is 11.8 Å². The first-order valence-electron chi connectivity index (χ1n) is 11.4. The van der Waals surface area contributed by atoms with Crippen molar-refractivity contribution in [1.82, 2.24) is 0 Å². The molecule has 2 rings (SSSR count). The molecule has 0 saturated heterocycles. The van der Waals surface area contributed by atoms with E-state index in [2.05, 4.69) is 18.8 Å². The molecule has 1 aliphatic carbocycles. The van der Waals surface area contributed by atoms with E-state index in [1.54, 1.807) is 6.92 Å². The third-order valence-corrected chi connectivity index (χ3v) is 5.97. The lowest BCUT2D eigenvalue weighted by Gasteiger charge is -2.29. The van der Waals surface area contributed by atoms with Crippen LogP contribution in [-0.4, -0.2) is 17.9 Å². The second kappa shape index (κ2) is 12.5. The Kier molecular flexibility index (Phi) is 9.98. The number of hydrogen-bond donors (Lipinski definition) is 0. The van der Waals surface area contributed by atoms with E-state index in [0.29, 0.717) is 17.9 Å². The lowest BCUT2D eigenvalue weighted by atomic mass is 9.77. The van der Waals surface area contributed by atoms with Crippen LogP contribution in [0.4, 0.5) is 0 Å². The number of ether oxygens (including phenoxy) is 1. The van der Waals surface area contributed by atoms with Crippen molar-refractivity contribution in [2.45, 2.75) is 97.0 Å². The average Bonchev–Trinajstić information content (AvgIpc) is 2.75. The highest BCUT2D eigenvalue weighted by molar-refractivity contribution is 6.01. The topological polar surface area (TPSA) is 43.4 Å². The first-order valence-corrected chi connectivity index (χ1v) is 11.4. The smallest absolute Gasteiger partial charge is 0.338 e. The van der Waals surface area contributed by atoms with E-state index in [-0.39, 0.29) is 5.78 Å². The summed E-state index contributed by atoms with van der Waals surface area (Å²) in [6.07, 6.45) is 11.7. The molecule has 29 heavy (non-hydrogen) atoms. The van der Waals surface area contributed by atoms with Crippen LogP contribution in [0.5, 0.6) is 0 Å². The summed E-state index contributed by atoms with van der Waals surface area (Å²) in [6, 6.07) is 7.74. The van der Waals surface area contributed by atoms with Crippen LogP contribution >= 0.6 is 0 Å². The first-order chi connectivity index (χ1) is 14.0. The van der Waals surface area contributed by atoms with Crippen LogP contribution in [-0.2, 0) is 9.53 Å². The summed E-state index contributed by atoms with van der Waals surface area (Å²) >= 11 is 0. The first kappa shape index (κ1) is 23.2. The molecule has 0 aliphatic heterocycles. The second-order valence-electron chi connectivity index (χ2n) is 8.26. The summed E-state index contributed by atoms with van der Waals surface area (Å²) in [7, 11) is 0. The van der Waals surface area contributed by atoms with Gasteiger partial charge in [-0.05, 0) is 68.1 Å². The van der Waals surface area contributed by atoms with Crippen molar-refractivity contribution < 1.29 is 14.3 Å². The van der Waals surface area contributed by atoms with Crippen LogP contribution in [0.15, 0.2) is 24.3 Å². The predicted molar refractivity (Wildman–Crippen MR) is 118 cm³/mol. The molecule has 158 valence electrons. The molecule has 1 aromatic carbocycles. The van der Waals surface area contributed by atoms with Crippen molar-refractivity contribution in [2.24, 2.45) is 5.92 Å². The fraction of sp³-hybridized carbons (Fsp3) is 0.615. The second-order valence-corrected chi connectivity index (χ2v) is 8.26. The highest BCUT2D eigenvalue weighted by Gasteiger charge is 2.23. The van der Waals surface area contributed by atoms with E-state index in [1.807, 2.05) is 31.2 Å². The largest absolute Gasteiger partial charge is 0.450 e. The van der Waals surface area contributed by atoms with E-state index in [1.165, 1.54) is 63.4 Å². The summed E-state index contributed by atoms with van der Waals surface area (Å²) < 4.78 is 5.26. The normalized spacial score (nSPS) is 19.7. The number of carbonyl (C=O) groups excluding carboxylic acids is 2. The van der Waals surface area contributed by atoms with Gasteiger partial charge in [-0.25, -0.2) is 4.79 Å². The fourth-order valence-electron chi connectivity index (χ4n) is 4.09. The monoisotopic (exact) mass is 396 g/mol. The minimum atomic E-state index is -0.839. The van der Waals surface area contributed by atoms with Gasteiger partial charge in [0.25, 0.3) is 0 Å². The van der Waals surface area contributed by atoms with E-state index in [9.17, 15) is 9.59 Å². The molecule has 0 aromatic heterocycles. The van der Waals surface area contributed by atoms with Crippen LogP contribution in [0.25, 0.3) is 0 Å². The molecule has 0 N–H and O–H groups in total. The molecular formula is C26H36O3. The van der Waals surface area contributed by atoms with Gasteiger partial charge in [-0.3, -0.25) is 4.79 Å². The van der Waals surface area contributed by atoms with Gasteiger partial charge in [-0.1, -0.05) is 64.0 Å². The van der Waals surface area contributed by atoms with Crippen molar-refractivity contribution in [3.05, 3.63) is 35.4 Å². The van der Waals surface area contributed by atoms with Gasteiger partial charge in [-0.2, -0.15) is 0 Å². The Morgan fingerprint density at radius 3 is 2.34 bits per heavy atom. The van der Waals surface area contributed by atoms with Gasteiger partial charge in [0.15, 0.2) is 6.10 Å². The summed E-state index contributed by atoms with van der Waals surface area (Å²) in [5.41, 5.74) is 1.80. The molecule has 1 saturated carbocycles. The molecule has 1 unspecified atom stereocenters. The zero-order valence-electron chi connectivity index (χ0n) is 18.3. The Bertz CT molecular complexity index is 700. The van der Waals surface area contributed by atoms with Crippen LogP contribution in [0, 0.1) is 17.8 Å². The number of benzene rings is 1. The fourth-order valence-corrected chi connectivity index (χ4v) is 4.09. The van der Waals surface area contributed by atoms with Gasteiger partial charge < -0.3 is 4.74 Å². The summed E-state index contributed by atoms with van der Waals surface area (Å²) in [6.45, 7) is 5.71. The molecule has 3 heteroatoms. The van der Waals surface area contributed by atoms with Crippen LogP contribution < -0.4 is 0 Å². The zero-order valence-corrected chi connectivity index (χ0v) is 18.3. The number of ketones is 1. The molecule has 0 bridgehead atoms. The molecule has 1 aliphatic rings. The molecule has 3 nitrogen and oxygen atoms in total. The minimum Gasteiger partial charge on any atom is -0.450 e. The van der Waals surface area contributed by atoms with Crippen molar-refractivity contribution in [1.29, 1.82) is 0 Å². The molecule has 0 heterocycles. The molecule has 0 radical (unpaired) electrons. The average molecular weight is 397 g/mol.